The fraction of sp³-hybridized carbons (Fsp3) is 0.474. The number of anilines is 1. The lowest BCUT2D eigenvalue weighted by molar-refractivity contribution is 0.122. The van der Waals surface area contributed by atoms with Crippen LogP contribution in [0.5, 0.6) is 5.88 Å². The Bertz CT molecular complexity index is 777. The fourth-order valence-corrected chi connectivity index (χ4v) is 2.89. The number of aromatic nitrogens is 1. The number of hydrogen-bond donors (Lipinski definition) is 2. The molecule has 2 aromatic rings. The number of morpholine rings is 1. The minimum absolute atomic E-state index is 0.500. The molecule has 8 nitrogen and oxygen atoms in total. The van der Waals surface area contributed by atoms with E-state index in [1.165, 1.54) is 0 Å². The molecule has 3 rings (SSSR count). The monoisotopic (exact) mass is 373 g/mol. The summed E-state index contributed by atoms with van der Waals surface area (Å²) in [6.45, 7) is 8.17. The van der Waals surface area contributed by atoms with Crippen LogP contribution >= 0.6 is 0 Å². The summed E-state index contributed by atoms with van der Waals surface area (Å²) in [7, 11) is 1.88. The van der Waals surface area contributed by atoms with E-state index in [0.717, 1.165) is 36.6 Å². The molecule has 27 heavy (non-hydrogen) atoms. The van der Waals surface area contributed by atoms with Gasteiger partial charge in [0.25, 0.3) is 0 Å². The maximum absolute atomic E-state index is 5.82. The van der Waals surface area contributed by atoms with Crippen LogP contribution in [0.1, 0.15) is 22.8 Å². The van der Waals surface area contributed by atoms with Crippen molar-refractivity contribution in [1.29, 1.82) is 0 Å². The first-order valence-electron chi connectivity index (χ1n) is 9.10. The lowest BCUT2D eigenvalue weighted by Gasteiger charge is -2.29. The van der Waals surface area contributed by atoms with Gasteiger partial charge in [0, 0.05) is 31.4 Å². The van der Waals surface area contributed by atoms with Gasteiger partial charge in [-0.3, -0.25) is 0 Å². The summed E-state index contributed by atoms with van der Waals surface area (Å²) in [5.41, 5.74) is 3.17. The average molecular weight is 373 g/mol. The Balaban J connectivity index is 1.97. The van der Waals surface area contributed by atoms with Gasteiger partial charge in [-0.05, 0) is 38.6 Å². The summed E-state index contributed by atoms with van der Waals surface area (Å²) in [5, 5.41) is 7.02. The van der Waals surface area contributed by atoms with Crippen LogP contribution in [0.2, 0.25) is 0 Å². The number of hydrogen-bond acceptors (Lipinski definition) is 8. The van der Waals surface area contributed by atoms with Gasteiger partial charge in [0.1, 0.15) is 18.1 Å². The van der Waals surface area contributed by atoms with Crippen LogP contribution in [0.25, 0.3) is 0 Å². The molecule has 3 N–H and O–H groups in total. The molecule has 0 saturated carbocycles. The highest BCUT2D eigenvalue weighted by atomic mass is 16.5. The maximum Gasteiger partial charge on any atom is 0.215 e. The third kappa shape index (κ3) is 4.58. The molecule has 0 spiro atoms. The molecule has 146 valence electrons. The predicted octanol–water partition coefficient (Wildman–Crippen LogP) is 1.44. The zero-order valence-electron chi connectivity index (χ0n) is 16.1. The van der Waals surface area contributed by atoms with Gasteiger partial charge in [-0.2, -0.15) is 5.10 Å². The SMILES string of the molecule is CNCCOc1cc(N2CCOCC2)cc(/C(=N\N)c2cc(C)c(C)o2)n1. The van der Waals surface area contributed by atoms with Crippen LogP contribution in [-0.4, -0.2) is 57.2 Å². The van der Waals surface area contributed by atoms with Gasteiger partial charge in [0.2, 0.25) is 5.88 Å². The molecule has 0 radical (unpaired) electrons. The van der Waals surface area contributed by atoms with Crippen molar-refractivity contribution in [3.05, 3.63) is 41.0 Å². The van der Waals surface area contributed by atoms with Crippen LogP contribution < -0.4 is 20.8 Å². The van der Waals surface area contributed by atoms with Gasteiger partial charge >= 0.3 is 0 Å². The summed E-state index contributed by atoms with van der Waals surface area (Å²) in [5.74, 6) is 7.66. The van der Waals surface area contributed by atoms with Crippen molar-refractivity contribution in [2.75, 3.05) is 51.4 Å². The Labute approximate surface area is 159 Å². The number of aryl methyl sites for hydroxylation is 2. The van der Waals surface area contributed by atoms with E-state index in [2.05, 4.69) is 20.3 Å². The first-order valence-corrected chi connectivity index (χ1v) is 9.10. The van der Waals surface area contributed by atoms with Crippen LogP contribution in [-0.2, 0) is 4.74 Å². The predicted molar refractivity (Wildman–Crippen MR) is 105 cm³/mol. The average Bonchev–Trinajstić information content (AvgIpc) is 3.01. The molecule has 1 fully saturated rings. The molecule has 1 aliphatic rings. The lowest BCUT2D eigenvalue weighted by atomic mass is 10.1. The number of likely N-dealkylation sites (N-methyl/N-ethyl adjacent to an activating group) is 1. The third-order valence-electron chi connectivity index (χ3n) is 4.54. The molecule has 0 atom stereocenters. The number of hydrazone groups is 1. The number of nitrogens with two attached hydrogens (primary N) is 1. The highest BCUT2D eigenvalue weighted by Crippen LogP contribution is 2.25. The van der Waals surface area contributed by atoms with Crippen molar-refractivity contribution < 1.29 is 13.9 Å². The lowest BCUT2D eigenvalue weighted by Crippen LogP contribution is -2.36. The highest BCUT2D eigenvalue weighted by molar-refractivity contribution is 6.10. The Hall–Kier alpha value is -2.58. The molecule has 0 aromatic carbocycles. The molecule has 0 amide bonds. The van der Waals surface area contributed by atoms with E-state index in [4.69, 9.17) is 19.7 Å². The molecule has 1 aliphatic heterocycles. The Morgan fingerprint density at radius 2 is 2.07 bits per heavy atom. The maximum atomic E-state index is 5.82. The van der Waals surface area contributed by atoms with Crippen LogP contribution in [0, 0.1) is 13.8 Å². The molecular weight excluding hydrogens is 346 g/mol. The zero-order chi connectivity index (χ0) is 19.2. The number of nitrogens with one attached hydrogen (secondary N) is 1. The smallest absolute Gasteiger partial charge is 0.215 e. The van der Waals surface area contributed by atoms with E-state index in [0.29, 0.717) is 42.9 Å². The minimum Gasteiger partial charge on any atom is -0.476 e. The van der Waals surface area contributed by atoms with E-state index < -0.39 is 0 Å². The van der Waals surface area contributed by atoms with Gasteiger partial charge in [-0.15, -0.1) is 0 Å². The van der Waals surface area contributed by atoms with Gasteiger partial charge in [-0.1, -0.05) is 0 Å². The van der Waals surface area contributed by atoms with E-state index in [-0.39, 0.29) is 0 Å². The van der Waals surface area contributed by atoms with Crippen molar-refractivity contribution in [3.63, 3.8) is 0 Å². The van der Waals surface area contributed by atoms with Crippen LogP contribution in [0.4, 0.5) is 5.69 Å². The molecule has 2 aromatic heterocycles. The molecular formula is C19H27N5O3. The van der Waals surface area contributed by atoms with Crippen molar-refractivity contribution >= 4 is 11.4 Å². The molecule has 0 aliphatic carbocycles. The molecule has 0 unspecified atom stereocenters. The number of ether oxygens (including phenoxy) is 2. The van der Waals surface area contributed by atoms with Crippen LogP contribution in [0.3, 0.4) is 0 Å². The summed E-state index contributed by atoms with van der Waals surface area (Å²) in [4.78, 5) is 6.85. The fourth-order valence-electron chi connectivity index (χ4n) is 2.89. The number of rotatable bonds is 7. The first kappa shape index (κ1) is 19.2. The number of furan rings is 1. The van der Waals surface area contributed by atoms with E-state index >= 15 is 0 Å². The molecule has 1 saturated heterocycles. The Kier molecular flexibility index (Phi) is 6.31. The number of pyridine rings is 1. The molecule has 0 bridgehead atoms. The second kappa shape index (κ2) is 8.88. The first-order chi connectivity index (χ1) is 13.1. The van der Waals surface area contributed by atoms with Gasteiger partial charge in [-0.25, -0.2) is 4.98 Å². The Morgan fingerprint density at radius 3 is 2.70 bits per heavy atom. The second-order valence-electron chi connectivity index (χ2n) is 6.43. The molecule has 8 heteroatoms. The third-order valence-corrected chi connectivity index (χ3v) is 4.54. The van der Waals surface area contributed by atoms with Gasteiger partial charge < -0.3 is 30.0 Å². The van der Waals surface area contributed by atoms with E-state index in [1.54, 1.807) is 0 Å². The summed E-state index contributed by atoms with van der Waals surface area (Å²) in [6.07, 6.45) is 0. The molecule has 3 heterocycles. The standard InChI is InChI=1S/C19H27N5O3/c1-13-10-17(27-14(13)2)19(23-20)16-11-15(24-5-8-25-9-6-24)12-18(22-16)26-7-4-21-3/h10-12,21H,4-9,20H2,1-3H3/b23-19+. The quantitative estimate of drug-likeness (QED) is 0.328. The summed E-state index contributed by atoms with van der Waals surface area (Å²) >= 11 is 0. The normalized spacial score (nSPS) is 15.2. The highest BCUT2D eigenvalue weighted by Gasteiger charge is 2.19. The van der Waals surface area contributed by atoms with Crippen molar-refractivity contribution in [1.82, 2.24) is 10.3 Å². The van der Waals surface area contributed by atoms with Crippen LogP contribution in [0.15, 0.2) is 27.7 Å². The minimum atomic E-state index is 0.500. The Morgan fingerprint density at radius 1 is 1.30 bits per heavy atom. The second-order valence-corrected chi connectivity index (χ2v) is 6.43. The summed E-state index contributed by atoms with van der Waals surface area (Å²) in [6, 6.07) is 5.83. The van der Waals surface area contributed by atoms with Crippen molar-refractivity contribution in [3.8, 4) is 5.88 Å². The number of nitrogens with zero attached hydrogens (tertiary/aromatic N) is 3. The van der Waals surface area contributed by atoms with Gasteiger partial charge in [0.05, 0.1) is 13.2 Å². The van der Waals surface area contributed by atoms with Crippen molar-refractivity contribution in [2.24, 2.45) is 10.9 Å². The zero-order valence-corrected chi connectivity index (χ0v) is 16.1. The summed E-state index contributed by atoms with van der Waals surface area (Å²) < 4.78 is 17.1. The van der Waals surface area contributed by atoms with E-state index in [1.807, 2.05) is 39.1 Å². The largest absolute Gasteiger partial charge is 0.476 e. The van der Waals surface area contributed by atoms with Gasteiger partial charge in [0.15, 0.2) is 11.5 Å². The topological polar surface area (TPSA) is 98.1 Å². The van der Waals surface area contributed by atoms with E-state index in [9.17, 15) is 0 Å². The van der Waals surface area contributed by atoms with Crippen molar-refractivity contribution in [2.45, 2.75) is 13.8 Å².